The molecule has 0 bridgehead atoms. The van der Waals surface area contributed by atoms with E-state index in [-0.39, 0.29) is 0 Å². The van der Waals surface area contributed by atoms with Crippen LogP contribution in [0, 0.1) is 6.92 Å². The first-order chi connectivity index (χ1) is 8.72. The van der Waals surface area contributed by atoms with Crippen LogP contribution in [0.4, 0.5) is 5.82 Å². The predicted molar refractivity (Wildman–Crippen MR) is 74.4 cm³/mol. The molecule has 92 valence electrons. The molecule has 3 rings (SSSR count). The summed E-state index contributed by atoms with van der Waals surface area (Å²) in [6.07, 6.45) is 1.54. The van der Waals surface area contributed by atoms with Crippen LogP contribution < -0.4 is 5.32 Å². The summed E-state index contributed by atoms with van der Waals surface area (Å²) in [6.45, 7) is 2.53. The van der Waals surface area contributed by atoms with Crippen molar-refractivity contribution in [2.45, 2.75) is 13.5 Å². The monoisotopic (exact) mass is 297 g/mol. The van der Waals surface area contributed by atoms with Crippen molar-refractivity contribution in [1.82, 2.24) is 19.9 Å². The van der Waals surface area contributed by atoms with Gasteiger partial charge >= 0.3 is 0 Å². The minimum Gasteiger partial charge on any atom is -0.362 e. The Balaban J connectivity index is 1.86. The Labute approximate surface area is 116 Å². The second-order valence-corrected chi connectivity index (χ2v) is 6.18. The average molecular weight is 298 g/mol. The molecular weight excluding hydrogens is 290 g/mol. The molecule has 0 aliphatic rings. The molecule has 0 amide bonds. The van der Waals surface area contributed by atoms with Crippen LogP contribution in [0.5, 0.6) is 0 Å². The standard InChI is InChI=1S/C10H8ClN5S2/c1-5-15-7-8(13-4-14-9(7)18-5)12-2-6-3-17-10(11)16-6/h3-4H,2H2,1H3,(H,12,13,14). The van der Waals surface area contributed by atoms with Crippen molar-refractivity contribution in [1.29, 1.82) is 0 Å². The summed E-state index contributed by atoms with van der Waals surface area (Å²) >= 11 is 8.75. The van der Waals surface area contributed by atoms with Gasteiger partial charge in [0.05, 0.1) is 17.2 Å². The molecule has 3 heterocycles. The lowest BCUT2D eigenvalue weighted by atomic mass is 10.4. The van der Waals surface area contributed by atoms with E-state index in [4.69, 9.17) is 11.6 Å². The van der Waals surface area contributed by atoms with Gasteiger partial charge in [-0.15, -0.1) is 11.3 Å². The van der Waals surface area contributed by atoms with Crippen molar-refractivity contribution in [2.24, 2.45) is 0 Å². The molecule has 3 aromatic heterocycles. The highest BCUT2D eigenvalue weighted by Crippen LogP contribution is 2.24. The number of anilines is 1. The second-order valence-electron chi connectivity index (χ2n) is 3.55. The Bertz CT molecular complexity index is 692. The molecule has 0 saturated heterocycles. The largest absolute Gasteiger partial charge is 0.362 e. The lowest BCUT2D eigenvalue weighted by Crippen LogP contribution is -2.02. The maximum atomic E-state index is 5.78. The molecule has 5 nitrogen and oxygen atoms in total. The third-order valence-electron chi connectivity index (χ3n) is 2.26. The lowest BCUT2D eigenvalue weighted by molar-refractivity contribution is 1.05. The van der Waals surface area contributed by atoms with Crippen molar-refractivity contribution in [3.05, 3.63) is 26.9 Å². The highest BCUT2D eigenvalue weighted by atomic mass is 35.5. The summed E-state index contributed by atoms with van der Waals surface area (Å²) in [6, 6.07) is 0. The smallest absolute Gasteiger partial charge is 0.183 e. The fourth-order valence-corrected chi connectivity index (χ4v) is 3.06. The Kier molecular flexibility index (Phi) is 3.11. The summed E-state index contributed by atoms with van der Waals surface area (Å²) in [5.41, 5.74) is 1.70. The zero-order valence-electron chi connectivity index (χ0n) is 9.35. The third-order valence-corrected chi connectivity index (χ3v) is 4.17. The van der Waals surface area contributed by atoms with Crippen LogP contribution in [0.3, 0.4) is 0 Å². The molecule has 0 aliphatic heterocycles. The molecule has 8 heteroatoms. The summed E-state index contributed by atoms with van der Waals surface area (Å²) in [7, 11) is 0. The number of nitrogens with zero attached hydrogens (tertiary/aromatic N) is 4. The van der Waals surface area contributed by atoms with Crippen molar-refractivity contribution in [2.75, 3.05) is 5.32 Å². The fraction of sp³-hybridized carbons (Fsp3) is 0.200. The zero-order chi connectivity index (χ0) is 12.5. The molecule has 0 aromatic carbocycles. The highest BCUT2D eigenvalue weighted by Gasteiger charge is 2.08. The van der Waals surface area contributed by atoms with E-state index in [2.05, 4.69) is 25.3 Å². The minimum atomic E-state index is 0.545. The number of nitrogens with one attached hydrogen (secondary N) is 1. The highest BCUT2D eigenvalue weighted by molar-refractivity contribution is 7.18. The Hall–Kier alpha value is -1.31. The number of aryl methyl sites for hydroxylation is 1. The van der Waals surface area contributed by atoms with E-state index in [1.807, 2.05) is 12.3 Å². The van der Waals surface area contributed by atoms with Crippen LogP contribution in [0.15, 0.2) is 11.7 Å². The molecule has 0 fully saturated rings. The molecule has 3 aromatic rings. The molecule has 0 unspecified atom stereocenters. The topological polar surface area (TPSA) is 63.6 Å². The first-order valence-corrected chi connectivity index (χ1v) is 7.21. The van der Waals surface area contributed by atoms with Gasteiger partial charge in [0.2, 0.25) is 0 Å². The van der Waals surface area contributed by atoms with Crippen LogP contribution >= 0.6 is 34.3 Å². The van der Waals surface area contributed by atoms with Gasteiger partial charge in [-0.3, -0.25) is 0 Å². The average Bonchev–Trinajstić information content (AvgIpc) is 2.91. The lowest BCUT2D eigenvalue weighted by Gasteiger charge is -2.02. The van der Waals surface area contributed by atoms with E-state index in [0.717, 1.165) is 26.9 Å². The van der Waals surface area contributed by atoms with Crippen LogP contribution in [0.2, 0.25) is 4.47 Å². The molecule has 0 spiro atoms. The number of aromatic nitrogens is 4. The van der Waals surface area contributed by atoms with E-state index in [0.29, 0.717) is 11.0 Å². The van der Waals surface area contributed by atoms with E-state index >= 15 is 0 Å². The van der Waals surface area contributed by atoms with Crippen LogP contribution in [-0.2, 0) is 6.54 Å². The van der Waals surface area contributed by atoms with Crippen molar-refractivity contribution < 1.29 is 0 Å². The molecule has 1 N–H and O–H groups in total. The minimum absolute atomic E-state index is 0.545. The van der Waals surface area contributed by atoms with Crippen LogP contribution in [0.1, 0.15) is 10.7 Å². The van der Waals surface area contributed by atoms with Crippen LogP contribution in [-0.4, -0.2) is 19.9 Å². The third kappa shape index (κ3) is 2.29. The van der Waals surface area contributed by atoms with Gasteiger partial charge in [-0.25, -0.2) is 19.9 Å². The van der Waals surface area contributed by atoms with Gasteiger partial charge < -0.3 is 5.32 Å². The predicted octanol–water partition coefficient (Wildman–Crippen LogP) is 3.12. The van der Waals surface area contributed by atoms with Crippen molar-refractivity contribution >= 4 is 50.4 Å². The number of fused-ring (bicyclic) bond motifs is 1. The van der Waals surface area contributed by atoms with Crippen LogP contribution in [0.25, 0.3) is 10.3 Å². The first-order valence-electron chi connectivity index (χ1n) is 5.14. The SMILES string of the molecule is Cc1nc2c(NCc3csc(Cl)n3)ncnc2s1. The number of hydrogen-bond acceptors (Lipinski definition) is 7. The van der Waals surface area contributed by atoms with Gasteiger partial charge in [0, 0.05) is 5.38 Å². The first kappa shape index (κ1) is 11.8. The van der Waals surface area contributed by atoms with E-state index in [9.17, 15) is 0 Å². The Morgan fingerprint density at radius 1 is 1.33 bits per heavy atom. The van der Waals surface area contributed by atoms with Crippen molar-refractivity contribution in [3.63, 3.8) is 0 Å². The van der Waals surface area contributed by atoms with Gasteiger partial charge in [0.25, 0.3) is 0 Å². The number of halogens is 1. The number of hydrogen-bond donors (Lipinski definition) is 1. The van der Waals surface area contributed by atoms with E-state index in [1.165, 1.54) is 17.7 Å². The summed E-state index contributed by atoms with van der Waals surface area (Å²) in [5.74, 6) is 0.730. The van der Waals surface area contributed by atoms with Gasteiger partial charge in [0.1, 0.15) is 16.7 Å². The Morgan fingerprint density at radius 2 is 2.22 bits per heavy atom. The molecule has 0 saturated carbocycles. The molecular formula is C10H8ClN5S2. The number of rotatable bonds is 3. The van der Waals surface area contributed by atoms with Crippen molar-refractivity contribution in [3.8, 4) is 0 Å². The number of thiazole rings is 2. The maximum absolute atomic E-state index is 5.78. The maximum Gasteiger partial charge on any atom is 0.183 e. The molecule has 18 heavy (non-hydrogen) atoms. The fourth-order valence-electron chi connectivity index (χ4n) is 1.53. The Morgan fingerprint density at radius 3 is 3.00 bits per heavy atom. The summed E-state index contributed by atoms with van der Waals surface area (Å²) in [5, 5.41) is 6.10. The summed E-state index contributed by atoms with van der Waals surface area (Å²) in [4.78, 5) is 17.9. The van der Waals surface area contributed by atoms with E-state index < -0.39 is 0 Å². The molecule has 0 aliphatic carbocycles. The quantitative estimate of drug-likeness (QED) is 0.805. The van der Waals surface area contributed by atoms with E-state index in [1.54, 1.807) is 11.3 Å². The zero-order valence-corrected chi connectivity index (χ0v) is 11.7. The second kappa shape index (κ2) is 4.75. The van der Waals surface area contributed by atoms with Gasteiger partial charge in [-0.05, 0) is 6.92 Å². The molecule has 0 atom stereocenters. The van der Waals surface area contributed by atoms with Gasteiger partial charge in [0.15, 0.2) is 10.3 Å². The summed E-state index contributed by atoms with van der Waals surface area (Å²) < 4.78 is 0.545. The normalized spacial score (nSPS) is 11.0. The van der Waals surface area contributed by atoms with Gasteiger partial charge in [-0.1, -0.05) is 22.9 Å². The molecule has 0 radical (unpaired) electrons. The van der Waals surface area contributed by atoms with Gasteiger partial charge in [-0.2, -0.15) is 0 Å².